The molecule has 0 spiro atoms. The van der Waals surface area contributed by atoms with Gasteiger partial charge in [-0.3, -0.25) is 14.4 Å². The Kier molecular flexibility index (Phi) is 9.24. The number of carboxylic acids is 1. The highest BCUT2D eigenvalue weighted by atomic mass is 16.4. The van der Waals surface area contributed by atoms with Crippen molar-refractivity contribution >= 4 is 17.7 Å². The molecule has 1 saturated carbocycles. The summed E-state index contributed by atoms with van der Waals surface area (Å²) < 4.78 is 5.61. The number of aromatic nitrogens is 1. The van der Waals surface area contributed by atoms with Crippen molar-refractivity contribution in [2.24, 2.45) is 5.92 Å². The van der Waals surface area contributed by atoms with Gasteiger partial charge in [0.15, 0.2) is 11.5 Å². The number of ketones is 1. The fourth-order valence-electron chi connectivity index (χ4n) is 5.04. The number of unbranched alkanes of at least 4 members (excludes halogenated alkanes) is 1. The monoisotopic (exact) mass is 502 g/mol. The van der Waals surface area contributed by atoms with Crippen LogP contribution in [0, 0.1) is 5.92 Å². The molecule has 1 aromatic heterocycles. The Labute approximate surface area is 217 Å². The van der Waals surface area contributed by atoms with Crippen molar-refractivity contribution in [3.63, 3.8) is 0 Å². The van der Waals surface area contributed by atoms with Gasteiger partial charge in [0.2, 0.25) is 5.89 Å². The van der Waals surface area contributed by atoms with Gasteiger partial charge in [-0.2, -0.15) is 0 Å². The lowest BCUT2D eigenvalue weighted by atomic mass is 9.86. The highest BCUT2D eigenvalue weighted by molar-refractivity contribution is 6.13. The van der Waals surface area contributed by atoms with Crippen molar-refractivity contribution in [1.29, 1.82) is 0 Å². The normalized spacial score (nSPS) is 13.8. The molecule has 0 unspecified atom stereocenters. The van der Waals surface area contributed by atoms with E-state index in [4.69, 9.17) is 9.52 Å². The van der Waals surface area contributed by atoms with Crippen LogP contribution in [-0.2, 0) is 11.2 Å². The molecular formula is C30H34N2O5. The fourth-order valence-corrected chi connectivity index (χ4v) is 5.04. The summed E-state index contributed by atoms with van der Waals surface area (Å²) in [5.74, 6) is -0.435. The number of hydrogen-bond acceptors (Lipinski definition) is 5. The molecule has 1 aliphatic rings. The molecule has 0 radical (unpaired) electrons. The number of amides is 1. The van der Waals surface area contributed by atoms with Crippen molar-refractivity contribution in [2.45, 2.75) is 64.2 Å². The Balaban J connectivity index is 1.40. The van der Waals surface area contributed by atoms with Crippen LogP contribution >= 0.6 is 0 Å². The third kappa shape index (κ3) is 7.15. The first kappa shape index (κ1) is 26.3. The van der Waals surface area contributed by atoms with Gasteiger partial charge in [0.05, 0.1) is 0 Å². The molecule has 194 valence electrons. The van der Waals surface area contributed by atoms with Gasteiger partial charge in [0.25, 0.3) is 5.91 Å². The average molecular weight is 503 g/mol. The first-order chi connectivity index (χ1) is 18.0. The maximum Gasteiger partial charge on any atom is 0.303 e. The minimum atomic E-state index is -0.919. The Hall–Kier alpha value is -3.74. The van der Waals surface area contributed by atoms with E-state index in [2.05, 4.69) is 10.3 Å². The van der Waals surface area contributed by atoms with Crippen molar-refractivity contribution in [2.75, 3.05) is 6.54 Å². The maximum absolute atomic E-state index is 13.5. The highest BCUT2D eigenvalue weighted by Gasteiger charge is 2.21. The summed E-state index contributed by atoms with van der Waals surface area (Å²) in [5, 5.41) is 12.0. The summed E-state index contributed by atoms with van der Waals surface area (Å²) in [5.41, 5.74) is 2.13. The zero-order chi connectivity index (χ0) is 26.0. The molecule has 37 heavy (non-hydrogen) atoms. The number of oxazole rings is 1. The second-order valence-electron chi connectivity index (χ2n) is 9.72. The smallest absolute Gasteiger partial charge is 0.303 e. The number of aliphatic carboxylic acids is 1. The summed E-state index contributed by atoms with van der Waals surface area (Å²) in [6.45, 7) is 0.593. The fraction of sp³-hybridized carbons (Fsp3) is 0.400. The molecule has 2 aromatic carbocycles. The van der Waals surface area contributed by atoms with Crippen LogP contribution in [0.3, 0.4) is 0 Å². The standard InChI is InChI=1S/C30H34N2O5/c33-27(34)18-17-22-13-4-5-14-23(22)28(35)24-15-6-7-16-25(24)30-32-26(20-37-30)29(36)31-19-9-8-12-21-10-2-1-3-11-21/h4-7,13-16,20-21H,1-3,8-12,17-19H2,(H,31,36)(H,33,34). The molecule has 3 aromatic rings. The van der Waals surface area contributed by atoms with Crippen LogP contribution in [0.4, 0.5) is 0 Å². The molecule has 2 N–H and O–H groups in total. The van der Waals surface area contributed by atoms with Gasteiger partial charge in [-0.25, -0.2) is 4.98 Å². The third-order valence-corrected chi connectivity index (χ3v) is 7.06. The molecule has 1 aliphatic carbocycles. The number of carboxylic acid groups (broad SMARTS) is 1. The molecule has 7 heteroatoms. The lowest BCUT2D eigenvalue weighted by molar-refractivity contribution is -0.136. The van der Waals surface area contributed by atoms with E-state index in [-0.39, 0.29) is 36.1 Å². The zero-order valence-electron chi connectivity index (χ0n) is 21.1. The maximum atomic E-state index is 13.5. The van der Waals surface area contributed by atoms with Gasteiger partial charge in [0.1, 0.15) is 6.26 Å². The number of hydrogen-bond donors (Lipinski definition) is 2. The number of benzene rings is 2. The lowest BCUT2D eigenvalue weighted by Crippen LogP contribution is -2.24. The van der Waals surface area contributed by atoms with E-state index in [1.54, 1.807) is 48.5 Å². The third-order valence-electron chi connectivity index (χ3n) is 7.06. The summed E-state index contributed by atoms with van der Waals surface area (Å²) in [6, 6.07) is 13.9. The topological polar surface area (TPSA) is 109 Å². The van der Waals surface area contributed by atoms with E-state index in [1.165, 1.54) is 44.8 Å². The van der Waals surface area contributed by atoms with Crippen LogP contribution in [0.15, 0.2) is 59.2 Å². The van der Waals surface area contributed by atoms with Crippen LogP contribution in [0.1, 0.15) is 89.8 Å². The SMILES string of the molecule is O=C(O)CCc1ccccc1C(=O)c1ccccc1-c1nc(C(=O)NCCCCC2CCCCC2)co1. The molecule has 1 heterocycles. The van der Waals surface area contributed by atoms with E-state index < -0.39 is 5.97 Å². The number of aryl methyl sites for hydroxylation is 1. The molecule has 0 aliphatic heterocycles. The van der Waals surface area contributed by atoms with E-state index in [1.807, 2.05) is 0 Å². The Morgan fingerprint density at radius 3 is 2.46 bits per heavy atom. The molecule has 0 saturated heterocycles. The molecule has 7 nitrogen and oxygen atoms in total. The van der Waals surface area contributed by atoms with Crippen LogP contribution in [0.5, 0.6) is 0 Å². The second-order valence-corrected chi connectivity index (χ2v) is 9.72. The van der Waals surface area contributed by atoms with E-state index >= 15 is 0 Å². The van der Waals surface area contributed by atoms with Gasteiger partial charge in [-0.1, -0.05) is 87.4 Å². The molecular weight excluding hydrogens is 468 g/mol. The number of rotatable bonds is 12. The minimum Gasteiger partial charge on any atom is -0.481 e. The van der Waals surface area contributed by atoms with Crippen molar-refractivity contribution < 1.29 is 23.9 Å². The Morgan fingerprint density at radius 2 is 1.68 bits per heavy atom. The van der Waals surface area contributed by atoms with Gasteiger partial charge in [0, 0.05) is 29.7 Å². The molecule has 4 rings (SSSR count). The van der Waals surface area contributed by atoms with Crippen molar-refractivity contribution in [1.82, 2.24) is 10.3 Å². The first-order valence-corrected chi connectivity index (χ1v) is 13.2. The van der Waals surface area contributed by atoms with Crippen LogP contribution in [0.25, 0.3) is 11.5 Å². The molecule has 0 atom stereocenters. The van der Waals surface area contributed by atoms with Crippen LogP contribution < -0.4 is 5.32 Å². The summed E-state index contributed by atoms with van der Waals surface area (Å²) >= 11 is 0. The summed E-state index contributed by atoms with van der Waals surface area (Å²) in [4.78, 5) is 41.5. The van der Waals surface area contributed by atoms with E-state index in [0.717, 1.165) is 18.8 Å². The number of carbonyl (C=O) groups is 3. The second kappa shape index (κ2) is 13.0. The summed E-state index contributed by atoms with van der Waals surface area (Å²) in [6.07, 6.45) is 11.5. The van der Waals surface area contributed by atoms with E-state index in [0.29, 0.717) is 28.8 Å². The van der Waals surface area contributed by atoms with Crippen LogP contribution in [-0.4, -0.2) is 34.3 Å². The number of nitrogens with zero attached hydrogens (tertiary/aromatic N) is 1. The molecule has 0 bridgehead atoms. The van der Waals surface area contributed by atoms with Crippen molar-refractivity contribution in [3.05, 3.63) is 77.2 Å². The Morgan fingerprint density at radius 1 is 0.946 bits per heavy atom. The van der Waals surface area contributed by atoms with Gasteiger partial charge < -0.3 is 14.8 Å². The lowest BCUT2D eigenvalue weighted by Gasteiger charge is -2.21. The largest absolute Gasteiger partial charge is 0.481 e. The van der Waals surface area contributed by atoms with Gasteiger partial charge >= 0.3 is 5.97 Å². The number of nitrogens with one attached hydrogen (secondary N) is 1. The van der Waals surface area contributed by atoms with Gasteiger partial charge in [-0.05, 0) is 30.4 Å². The van der Waals surface area contributed by atoms with E-state index in [9.17, 15) is 14.4 Å². The van der Waals surface area contributed by atoms with Crippen LogP contribution in [0.2, 0.25) is 0 Å². The van der Waals surface area contributed by atoms with Gasteiger partial charge in [-0.15, -0.1) is 0 Å². The molecule has 1 amide bonds. The predicted octanol–water partition coefficient (Wildman–Crippen LogP) is 6.07. The quantitative estimate of drug-likeness (QED) is 0.230. The Bertz CT molecular complexity index is 1230. The van der Waals surface area contributed by atoms with Crippen molar-refractivity contribution in [3.8, 4) is 11.5 Å². The average Bonchev–Trinajstić information content (AvgIpc) is 3.42. The summed E-state index contributed by atoms with van der Waals surface area (Å²) in [7, 11) is 0. The molecule has 1 fully saturated rings. The highest BCUT2D eigenvalue weighted by Crippen LogP contribution is 2.28. The predicted molar refractivity (Wildman–Crippen MR) is 141 cm³/mol. The minimum absolute atomic E-state index is 0.0647. The zero-order valence-corrected chi connectivity index (χ0v) is 21.1. The number of carbonyl (C=O) groups excluding carboxylic acids is 2. The first-order valence-electron chi connectivity index (χ1n) is 13.2.